The molecule has 0 aromatic heterocycles. The van der Waals surface area contributed by atoms with Crippen LogP contribution in [0.2, 0.25) is 0 Å². The molecule has 0 bridgehead atoms. The van der Waals surface area contributed by atoms with Crippen LogP contribution < -0.4 is 16.4 Å². The van der Waals surface area contributed by atoms with Crippen molar-refractivity contribution in [3.63, 3.8) is 0 Å². The molecule has 7 nitrogen and oxygen atoms in total. The van der Waals surface area contributed by atoms with Crippen molar-refractivity contribution in [1.29, 1.82) is 0 Å². The molecule has 0 aliphatic carbocycles. The Morgan fingerprint density at radius 2 is 2.00 bits per heavy atom. The third-order valence-electron chi connectivity index (χ3n) is 4.15. The molecule has 1 aliphatic heterocycles. The van der Waals surface area contributed by atoms with Gasteiger partial charge in [-0.3, -0.25) is 4.79 Å². The maximum Gasteiger partial charge on any atom is 0.322 e. The highest BCUT2D eigenvalue weighted by atomic mass is 35.5. The first-order chi connectivity index (χ1) is 11.7. The SMILES string of the molecule is COCCNC(=O)c1ccc(NC(=O)N2CCCCC2CN)cc1.Cl. The molecule has 1 fully saturated rings. The van der Waals surface area contributed by atoms with Crippen LogP contribution in [0.5, 0.6) is 0 Å². The quantitative estimate of drug-likeness (QED) is 0.665. The molecule has 1 saturated heterocycles. The molecule has 1 atom stereocenters. The van der Waals surface area contributed by atoms with Crippen molar-refractivity contribution in [2.45, 2.75) is 25.3 Å². The second kappa shape index (κ2) is 10.9. The van der Waals surface area contributed by atoms with Crippen molar-refractivity contribution < 1.29 is 14.3 Å². The molecule has 1 unspecified atom stereocenters. The van der Waals surface area contributed by atoms with E-state index in [0.29, 0.717) is 30.9 Å². The number of hydrogen-bond donors (Lipinski definition) is 3. The van der Waals surface area contributed by atoms with Gasteiger partial charge in [-0.1, -0.05) is 0 Å². The van der Waals surface area contributed by atoms with Gasteiger partial charge in [-0.2, -0.15) is 0 Å². The Labute approximate surface area is 154 Å². The maximum absolute atomic E-state index is 12.4. The highest BCUT2D eigenvalue weighted by Gasteiger charge is 2.25. The van der Waals surface area contributed by atoms with Crippen molar-refractivity contribution in [3.8, 4) is 0 Å². The minimum absolute atomic E-state index is 0. The molecule has 8 heteroatoms. The first-order valence-electron chi connectivity index (χ1n) is 8.30. The van der Waals surface area contributed by atoms with E-state index in [2.05, 4.69) is 10.6 Å². The Bertz CT molecular complexity index is 553. The predicted molar refractivity (Wildman–Crippen MR) is 100 cm³/mol. The van der Waals surface area contributed by atoms with Crippen LogP contribution in [0.15, 0.2) is 24.3 Å². The van der Waals surface area contributed by atoms with E-state index in [-0.39, 0.29) is 30.4 Å². The van der Waals surface area contributed by atoms with Crippen molar-refractivity contribution in [3.05, 3.63) is 29.8 Å². The number of rotatable bonds is 6. The molecular formula is C17H27ClN4O3. The molecule has 0 spiro atoms. The van der Waals surface area contributed by atoms with Crippen LogP contribution in [0.4, 0.5) is 10.5 Å². The Hall–Kier alpha value is -1.83. The number of methoxy groups -OCH3 is 1. The number of piperidine rings is 1. The number of nitrogens with zero attached hydrogens (tertiary/aromatic N) is 1. The maximum atomic E-state index is 12.4. The zero-order chi connectivity index (χ0) is 17.4. The minimum Gasteiger partial charge on any atom is -0.383 e. The van der Waals surface area contributed by atoms with Crippen LogP contribution in [-0.2, 0) is 4.74 Å². The summed E-state index contributed by atoms with van der Waals surface area (Å²) in [7, 11) is 1.58. The number of likely N-dealkylation sites (tertiary alicyclic amines) is 1. The molecule has 25 heavy (non-hydrogen) atoms. The van der Waals surface area contributed by atoms with Gasteiger partial charge >= 0.3 is 6.03 Å². The summed E-state index contributed by atoms with van der Waals surface area (Å²) in [6.45, 7) is 2.14. The van der Waals surface area contributed by atoms with Crippen LogP contribution in [0.3, 0.4) is 0 Å². The van der Waals surface area contributed by atoms with E-state index in [9.17, 15) is 9.59 Å². The van der Waals surface area contributed by atoms with Gasteiger partial charge < -0.3 is 26.0 Å². The predicted octanol–water partition coefficient (Wildman–Crippen LogP) is 1.83. The van der Waals surface area contributed by atoms with Gasteiger partial charge in [-0.05, 0) is 43.5 Å². The average Bonchev–Trinajstić information content (AvgIpc) is 2.62. The molecule has 0 radical (unpaired) electrons. The lowest BCUT2D eigenvalue weighted by Crippen LogP contribution is -2.49. The summed E-state index contributed by atoms with van der Waals surface area (Å²) >= 11 is 0. The van der Waals surface area contributed by atoms with E-state index in [1.165, 1.54) is 0 Å². The van der Waals surface area contributed by atoms with Crippen molar-refractivity contribution >= 4 is 30.0 Å². The number of benzene rings is 1. The minimum atomic E-state index is -0.163. The monoisotopic (exact) mass is 370 g/mol. The number of nitrogens with two attached hydrogens (primary N) is 1. The number of anilines is 1. The fourth-order valence-corrected chi connectivity index (χ4v) is 2.78. The lowest BCUT2D eigenvalue weighted by Gasteiger charge is -2.34. The molecule has 1 aromatic rings. The Kier molecular flexibility index (Phi) is 9.26. The van der Waals surface area contributed by atoms with Gasteiger partial charge in [-0.15, -0.1) is 12.4 Å². The molecule has 1 heterocycles. The van der Waals surface area contributed by atoms with Crippen molar-refractivity contribution in [2.75, 3.05) is 38.7 Å². The molecule has 1 aromatic carbocycles. The van der Waals surface area contributed by atoms with E-state index in [1.54, 1.807) is 36.3 Å². The second-order valence-corrected chi connectivity index (χ2v) is 5.83. The number of halogens is 1. The van der Waals surface area contributed by atoms with E-state index < -0.39 is 0 Å². The van der Waals surface area contributed by atoms with Crippen molar-refractivity contribution in [1.82, 2.24) is 10.2 Å². The normalized spacial score (nSPS) is 16.7. The van der Waals surface area contributed by atoms with Crippen LogP contribution in [0.1, 0.15) is 29.6 Å². The second-order valence-electron chi connectivity index (χ2n) is 5.83. The first-order valence-corrected chi connectivity index (χ1v) is 8.30. The highest BCUT2D eigenvalue weighted by Crippen LogP contribution is 2.18. The molecule has 3 amide bonds. The highest BCUT2D eigenvalue weighted by molar-refractivity contribution is 5.95. The number of carbonyl (C=O) groups is 2. The fraction of sp³-hybridized carbons (Fsp3) is 0.529. The third-order valence-corrected chi connectivity index (χ3v) is 4.15. The largest absolute Gasteiger partial charge is 0.383 e. The summed E-state index contributed by atoms with van der Waals surface area (Å²) in [6.07, 6.45) is 3.06. The molecule has 0 saturated carbocycles. The van der Waals surface area contributed by atoms with Gasteiger partial charge in [0, 0.05) is 44.0 Å². The molecular weight excluding hydrogens is 344 g/mol. The lowest BCUT2D eigenvalue weighted by atomic mass is 10.0. The molecule has 1 aliphatic rings. The molecule has 4 N–H and O–H groups in total. The van der Waals surface area contributed by atoms with Crippen LogP contribution >= 0.6 is 12.4 Å². The average molecular weight is 371 g/mol. The Morgan fingerprint density at radius 3 is 2.64 bits per heavy atom. The fourth-order valence-electron chi connectivity index (χ4n) is 2.78. The number of hydrogen-bond acceptors (Lipinski definition) is 4. The number of carbonyl (C=O) groups excluding carboxylic acids is 2. The third kappa shape index (κ3) is 6.19. The van der Waals surface area contributed by atoms with Gasteiger partial charge in [0.15, 0.2) is 0 Å². The summed E-state index contributed by atoms with van der Waals surface area (Å²) in [5.41, 5.74) is 6.96. The van der Waals surface area contributed by atoms with Crippen LogP contribution in [0.25, 0.3) is 0 Å². The lowest BCUT2D eigenvalue weighted by molar-refractivity contribution is 0.0937. The zero-order valence-corrected chi connectivity index (χ0v) is 15.3. The summed E-state index contributed by atoms with van der Waals surface area (Å²) in [5, 5.41) is 5.63. The Morgan fingerprint density at radius 1 is 1.28 bits per heavy atom. The summed E-state index contributed by atoms with van der Waals surface area (Å²) in [5.74, 6) is -0.163. The number of amides is 3. The Balaban J connectivity index is 0.00000312. The summed E-state index contributed by atoms with van der Waals surface area (Å²) < 4.78 is 4.89. The van der Waals surface area contributed by atoms with E-state index in [4.69, 9.17) is 10.5 Å². The molecule has 140 valence electrons. The van der Waals surface area contributed by atoms with Crippen LogP contribution in [-0.4, -0.2) is 56.2 Å². The van der Waals surface area contributed by atoms with Gasteiger partial charge in [0.1, 0.15) is 0 Å². The summed E-state index contributed by atoms with van der Waals surface area (Å²) in [6, 6.07) is 6.80. The van der Waals surface area contributed by atoms with E-state index in [1.807, 2.05) is 0 Å². The zero-order valence-electron chi connectivity index (χ0n) is 14.5. The van der Waals surface area contributed by atoms with Gasteiger partial charge in [0.05, 0.1) is 6.61 Å². The number of nitrogens with one attached hydrogen (secondary N) is 2. The smallest absolute Gasteiger partial charge is 0.322 e. The molecule has 2 rings (SSSR count). The van der Waals surface area contributed by atoms with Gasteiger partial charge in [-0.25, -0.2) is 4.79 Å². The number of ether oxygens (including phenoxy) is 1. The van der Waals surface area contributed by atoms with Crippen LogP contribution in [0, 0.1) is 0 Å². The first kappa shape index (κ1) is 21.2. The standard InChI is InChI=1S/C17H26N4O3.ClH/c1-24-11-9-19-16(22)13-5-7-14(8-6-13)20-17(23)21-10-3-2-4-15(21)12-18;/h5-8,15H,2-4,9-12,18H2,1H3,(H,19,22)(H,20,23);1H. The summed E-state index contributed by atoms with van der Waals surface area (Å²) in [4.78, 5) is 26.1. The number of urea groups is 1. The van der Waals surface area contributed by atoms with Gasteiger partial charge in [0.25, 0.3) is 5.91 Å². The van der Waals surface area contributed by atoms with Crippen molar-refractivity contribution in [2.24, 2.45) is 5.73 Å². The van der Waals surface area contributed by atoms with Gasteiger partial charge in [0.2, 0.25) is 0 Å². The van der Waals surface area contributed by atoms with E-state index in [0.717, 1.165) is 25.8 Å². The topological polar surface area (TPSA) is 96.7 Å². The van der Waals surface area contributed by atoms with E-state index >= 15 is 0 Å².